The van der Waals surface area contributed by atoms with Crippen LogP contribution in [-0.4, -0.2) is 107 Å². The van der Waals surface area contributed by atoms with E-state index in [4.69, 9.17) is 19.4 Å². The number of hydrogen-bond donors (Lipinski definition) is 1. The smallest absolute Gasteiger partial charge is 0.318 e. The van der Waals surface area contributed by atoms with Crippen molar-refractivity contribution in [1.82, 2.24) is 19.8 Å². The number of likely N-dealkylation sites (tertiary alicyclic amines) is 1. The van der Waals surface area contributed by atoms with Gasteiger partial charge in [-0.15, -0.1) is 11.8 Å². The summed E-state index contributed by atoms with van der Waals surface area (Å²) in [6, 6.07) is 14.5. The SMILES string of the molecule is C=CC(=O)N1CCN(c2nc(OCCCN3CC4(SC)OC[C@@H]34)nc3c2CCN(c2cc(O)cc4ccccc24)C3)CC1CC#N. The highest BCUT2D eigenvalue weighted by Gasteiger charge is 2.60. The van der Waals surface area contributed by atoms with Crippen LogP contribution < -0.4 is 14.5 Å². The van der Waals surface area contributed by atoms with E-state index >= 15 is 0 Å². The number of morpholine rings is 1. The van der Waals surface area contributed by atoms with Gasteiger partial charge >= 0.3 is 6.01 Å². The van der Waals surface area contributed by atoms with Crippen molar-refractivity contribution in [3.63, 3.8) is 0 Å². The molecule has 46 heavy (non-hydrogen) atoms. The number of rotatable bonds is 10. The van der Waals surface area contributed by atoms with E-state index in [1.165, 1.54) is 6.08 Å². The van der Waals surface area contributed by atoms with Crippen molar-refractivity contribution in [1.29, 1.82) is 5.26 Å². The second-order valence-electron chi connectivity index (χ2n) is 12.3. The number of nitrogens with zero attached hydrogens (tertiary/aromatic N) is 7. The minimum absolute atomic E-state index is 0.00613. The van der Waals surface area contributed by atoms with Gasteiger partial charge < -0.3 is 29.3 Å². The zero-order chi connectivity index (χ0) is 31.8. The summed E-state index contributed by atoms with van der Waals surface area (Å²) in [4.78, 5) is 31.1. The molecule has 1 N–H and O–H groups in total. The number of amides is 1. The molecule has 3 aromatic rings. The number of aromatic nitrogens is 2. The number of aromatic hydroxyl groups is 1. The van der Waals surface area contributed by atoms with Crippen LogP contribution in [0.4, 0.5) is 11.5 Å². The molecule has 3 fully saturated rings. The Bertz CT molecular complexity index is 1690. The largest absolute Gasteiger partial charge is 0.508 e. The summed E-state index contributed by atoms with van der Waals surface area (Å²) in [6.07, 6.45) is 5.22. The maximum atomic E-state index is 12.6. The van der Waals surface area contributed by atoms with Crippen molar-refractivity contribution < 1.29 is 19.4 Å². The first-order valence-electron chi connectivity index (χ1n) is 15.9. The molecule has 240 valence electrons. The summed E-state index contributed by atoms with van der Waals surface area (Å²) < 4.78 is 12.1. The molecule has 0 radical (unpaired) electrons. The molecule has 2 unspecified atom stereocenters. The van der Waals surface area contributed by atoms with Gasteiger partial charge in [0.05, 0.1) is 50.0 Å². The zero-order valence-electron chi connectivity index (χ0n) is 26.1. The van der Waals surface area contributed by atoms with E-state index in [-0.39, 0.29) is 29.1 Å². The van der Waals surface area contributed by atoms with Gasteiger partial charge in [-0.3, -0.25) is 9.69 Å². The standard InChI is InChI=1S/C34H39N7O4S/c1-3-31(43)41-15-14-39(19-24(41)9-11-35)32-27-10-13-38(29-18-25(42)17-23-7-4-5-8-26(23)29)20-28(27)36-33(37-32)44-16-6-12-40-22-34(46-2)30(40)21-45-34/h3-5,7-8,17-18,24,30,42H,1,6,9-10,12-16,19-22H2,2H3/t24?,30-,34?/m1/s1. The Labute approximate surface area is 273 Å². The lowest BCUT2D eigenvalue weighted by Gasteiger charge is -2.63. The van der Waals surface area contributed by atoms with E-state index in [0.717, 1.165) is 66.2 Å². The van der Waals surface area contributed by atoms with Crippen LogP contribution in [-0.2, 0) is 22.5 Å². The highest BCUT2D eigenvalue weighted by molar-refractivity contribution is 8.00. The summed E-state index contributed by atoms with van der Waals surface area (Å²) in [6.45, 7) is 9.64. The first-order chi connectivity index (χ1) is 22.4. The van der Waals surface area contributed by atoms with Crippen LogP contribution >= 0.6 is 11.8 Å². The van der Waals surface area contributed by atoms with E-state index < -0.39 is 0 Å². The van der Waals surface area contributed by atoms with Gasteiger partial charge in [0.2, 0.25) is 5.91 Å². The molecular weight excluding hydrogens is 602 g/mol. The number of ether oxygens (including phenoxy) is 2. The maximum Gasteiger partial charge on any atom is 0.318 e. The van der Waals surface area contributed by atoms with Gasteiger partial charge in [0.15, 0.2) is 0 Å². The highest BCUT2D eigenvalue weighted by atomic mass is 32.2. The first-order valence-corrected chi connectivity index (χ1v) is 17.1. The summed E-state index contributed by atoms with van der Waals surface area (Å²) >= 11 is 1.80. The number of carbonyl (C=O) groups is 1. The Hall–Kier alpha value is -4.05. The van der Waals surface area contributed by atoms with Crippen LogP contribution in [0.2, 0.25) is 0 Å². The van der Waals surface area contributed by atoms with E-state index in [1.54, 1.807) is 22.7 Å². The maximum absolute atomic E-state index is 12.6. The number of thioether (sulfide) groups is 1. The number of hydrogen-bond acceptors (Lipinski definition) is 11. The molecular formula is C34H39N7O4S. The zero-order valence-corrected chi connectivity index (χ0v) is 26.9. The molecule has 4 aliphatic heterocycles. The topological polar surface area (TPSA) is 118 Å². The average molecular weight is 642 g/mol. The quantitative estimate of drug-likeness (QED) is 0.259. The molecule has 2 aromatic carbocycles. The number of anilines is 2. The molecule has 4 aliphatic rings. The summed E-state index contributed by atoms with van der Waals surface area (Å²) in [5.41, 5.74) is 2.91. The average Bonchev–Trinajstić information content (AvgIpc) is 3.07. The predicted octanol–water partition coefficient (Wildman–Crippen LogP) is 3.56. The normalized spacial score (nSPS) is 24.0. The second-order valence-corrected chi connectivity index (χ2v) is 13.4. The molecule has 0 aliphatic carbocycles. The van der Waals surface area contributed by atoms with Gasteiger partial charge in [-0.2, -0.15) is 15.2 Å². The van der Waals surface area contributed by atoms with Crippen molar-refractivity contribution in [3.05, 3.63) is 60.3 Å². The number of fused-ring (bicyclic) bond motifs is 3. The van der Waals surface area contributed by atoms with Crippen LogP contribution in [0.1, 0.15) is 24.1 Å². The minimum atomic E-state index is -0.265. The number of benzene rings is 2. The van der Waals surface area contributed by atoms with Gasteiger partial charge in [-0.25, -0.2) is 0 Å². The molecule has 0 saturated carbocycles. The first kappa shape index (κ1) is 30.6. The van der Waals surface area contributed by atoms with Crippen molar-refractivity contribution >= 4 is 39.9 Å². The molecule has 0 bridgehead atoms. The third-order valence-corrected chi connectivity index (χ3v) is 11.0. The van der Waals surface area contributed by atoms with Gasteiger partial charge in [0.25, 0.3) is 0 Å². The number of phenols is 1. The number of phenolic OH excluding ortho intramolecular Hbond substituents is 1. The number of nitriles is 1. The van der Waals surface area contributed by atoms with Crippen LogP contribution in [0.3, 0.4) is 0 Å². The molecule has 1 amide bonds. The van der Waals surface area contributed by atoms with Crippen molar-refractivity contribution in [2.45, 2.75) is 42.8 Å². The lowest BCUT2D eigenvalue weighted by Crippen LogP contribution is -2.77. The Morgan fingerprint density at radius 3 is 2.89 bits per heavy atom. The molecule has 7 rings (SSSR count). The Kier molecular flexibility index (Phi) is 8.40. The van der Waals surface area contributed by atoms with Crippen LogP contribution in [0.5, 0.6) is 11.8 Å². The number of carbonyl (C=O) groups excluding carboxylic acids is 1. The summed E-state index contributed by atoms with van der Waals surface area (Å²) in [7, 11) is 0. The van der Waals surface area contributed by atoms with Crippen LogP contribution in [0.15, 0.2) is 49.1 Å². The Morgan fingerprint density at radius 1 is 1.26 bits per heavy atom. The van der Waals surface area contributed by atoms with E-state index in [1.807, 2.05) is 24.3 Å². The fraction of sp³-hybridized carbons (Fsp3) is 0.471. The Morgan fingerprint density at radius 2 is 2.13 bits per heavy atom. The minimum Gasteiger partial charge on any atom is -0.508 e. The fourth-order valence-electron chi connectivity index (χ4n) is 7.28. The highest BCUT2D eigenvalue weighted by Crippen LogP contribution is 2.48. The Balaban J connectivity index is 1.14. The van der Waals surface area contributed by atoms with Crippen molar-refractivity contribution in [2.75, 3.05) is 68.5 Å². The second kappa shape index (κ2) is 12.6. The van der Waals surface area contributed by atoms with Gasteiger partial charge in [-0.05, 0) is 36.6 Å². The molecule has 12 heteroatoms. The monoisotopic (exact) mass is 641 g/mol. The third kappa shape index (κ3) is 5.50. The van der Waals surface area contributed by atoms with Crippen molar-refractivity contribution in [3.8, 4) is 17.8 Å². The fourth-order valence-corrected chi connectivity index (χ4v) is 8.25. The van der Waals surface area contributed by atoms with Crippen LogP contribution in [0.25, 0.3) is 10.8 Å². The summed E-state index contributed by atoms with van der Waals surface area (Å²) in [5.74, 6) is 0.883. The van der Waals surface area contributed by atoms with E-state index in [9.17, 15) is 15.2 Å². The molecule has 11 nitrogen and oxygen atoms in total. The third-order valence-electron chi connectivity index (χ3n) is 9.78. The van der Waals surface area contributed by atoms with E-state index in [2.05, 4.69) is 39.7 Å². The molecule has 0 spiro atoms. The lowest BCUT2D eigenvalue weighted by molar-refractivity contribution is -0.237. The molecule has 5 heterocycles. The summed E-state index contributed by atoms with van der Waals surface area (Å²) in [5, 5.41) is 22.1. The van der Waals surface area contributed by atoms with Gasteiger partial charge in [0.1, 0.15) is 16.5 Å². The molecule has 3 atom stereocenters. The van der Waals surface area contributed by atoms with Gasteiger partial charge in [0, 0.05) is 62.0 Å². The predicted molar refractivity (Wildman–Crippen MR) is 178 cm³/mol. The van der Waals surface area contributed by atoms with E-state index in [0.29, 0.717) is 51.3 Å². The molecule has 1 aromatic heterocycles. The van der Waals surface area contributed by atoms with Crippen LogP contribution in [0, 0.1) is 11.3 Å². The number of piperazine rings is 1. The lowest BCUT2D eigenvalue weighted by atomic mass is 9.93. The van der Waals surface area contributed by atoms with Gasteiger partial charge in [-0.1, -0.05) is 30.8 Å². The molecule has 3 saturated heterocycles. The van der Waals surface area contributed by atoms with Crippen molar-refractivity contribution in [2.24, 2.45) is 0 Å².